The molecule has 88 valence electrons. The Labute approximate surface area is 99.7 Å². The van der Waals surface area contributed by atoms with Crippen LogP contribution in [-0.2, 0) is 0 Å². The van der Waals surface area contributed by atoms with Crippen molar-refractivity contribution < 1.29 is 9.50 Å². The van der Waals surface area contributed by atoms with Crippen LogP contribution in [0.4, 0.5) is 10.1 Å². The van der Waals surface area contributed by atoms with Crippen molar-refractivity contribution in [1.82, 2.24) is 0 Å². The molecule has 1 atom stereocenters. The van der Waals surface area contributed by atoms with Crippen molar-refractivity contribution in [3.05, 3.63) is 66.0 Å². The van der Waals surface area contributed by atoms with Gasteiger partial charge in [0.1, 0.15) is 5.82 Å². The van der Waals surface area contributed by atoms with Crippen LogP contribution in [0, 0.1) is 5.82 Å². The van der Waals surface area contributed by atoms with E-state index in [2.05, 4.69) is 5.32 Å². The molecule has 0 bridgehead atoms. The van der Waals surface area contributed by atoms with Crippen LogP contribution in [-0.4, -0.2) is 11.7 Å². The van der Waals surface area contributed by atoms with Gasteiger partial charge in [-0.25, -0.2) is 4.39 Å². The second-order valence-electron chi connectivity index (χ2n) is 3.77. The maximum Gasteiger partial charge on any atom is 0.128 e. The highest BCUT2D eigenvalue weighted by atomic mass is 19.1. The molecule has 0 radical (unpaired) electrons. The predicted molar refractivity (Wildman–Crippen MR) is 66.3 cm³/mol. The van der Waals surface area contributed by atoms with Gasteiger partial charge in [-0.15, -0.1) is 0 Å². The first-order chi connectivity index (χ1) is 8.31. The zero-order valence-electron chi connectivity index (χ0n) is 9.31. The average Bonchev–Trinajstić information content (AvgIpc) is 2.38. The number of benzene rings is 2. The highest BCUT2D eigenvalue weighted by Crippen LogP contribution is 2.21. The molecule has 2 aromatic carbocycles. The maximum atomic E-state index is 13.6. The first-order valence-electron chi connectivity index (χ1n) is 5.48. The Bertz CT molecular complexity index is 473. The molecular weight excluding hydrogens is 217 g/mol. The molecule has 0 saturated carbocycles. The smallest absolute Gasteiger partial charge is 0.128 e. The van der Waals surface area contributed by atoms with E-state index in [1.54, 1.807) is 18.2 Å². The molecule has 0 aliphatic carbocycles. The van der Waals surface area contributed by atoms with E-state index < -0.39 is 6.04 Å². The summed E-state index contributed by atoms with van der Waals surface area (Å²) in [5.74, 6) is -0.310. The maximum absolute atomic E-state index is 13.6. The minimum atomic E-state index is -0.432. The Balaban J connectivity index is 2.21. The third kappa shape index (κ3) is 2.82. The van der Waals surface area contributed by atoms with Crippen LogP contribution in [0.15, 0.2) is 54.6 Å². The number of nitrogens with one attached hydrogen (secondary N) is 1. The second kappa shape index (κ2) is 5.46. The van der Waals surface area contributed by atoms with Gasteiger partial charge in [-0.1, -0.05) is 36.4 Å². The number of rotatable bonds is 4. The van der Waals surface area contributed by atoms with E-state index in [-0.39, 0.29) is 12.4 Å². The summed E-state index contributed by atoms with van der Waals surface area (Å²) in [4.78, 5) is 0. The van der Waals surface area contributed by atoms with Crippen LogP contribution in [0.5, 0.6) is 0 Å². The van der Waals surface area contributed by atoms with Crippen LogP contribution in [0.25, 0.3) is 0 Å². The lowest BCUT2D eigenvalue weighted by Crippen LogP contribution is -2.16. The third-order valence-corrected chi connectivity index (χ3v) is 2.58. The molecule has 0 amide bonds. The number of anilines is 1. The predicted octanol–water partition coefficient (Wildman–Crippen LogP) is 2.97. The number of halogens is 1. The first-order valence-corrected chi connectivity index (χ1v) is 5.48. The molecule has 2 N–H and O–H groups in total. The summed E-state index contributed by atoms with van der Waals surface area (Å²) in [6.45, 7) is -0.157. The molecule has 0 aliphatic rings. The molecule has 0 aliphatic heterocycles. The fourth-order valence-corrected chi connectivity index (χ4v) is 1.72. The second-order valence-corrected chi connectivity index (χ2v) is 3.77. The van der Waals surface area contributed by atoms with Crippen molar-refractivity contribution in [2.45, 2.75) is 6.04 Å². The van der Waals surface area contributed by atoms with Gasteiger partial charge in [0.2, 0.25) is 0 Å². The van der Waals surface area contributed by atoms with Crippen molar-refractivity contribution in [2.75, 3.05) is 11.9 Å². The van der Waals surface area contributed by atoms with Gasteiger partial charge in [-0.2, -0.15) is 0 Å². The Morgan fingerprint density at radius 1 is 1.00 bits per heavy atom. The van der Waals surface area contributed by atoms with Crippen molar-refractivity contribution >= 4 is 5.69 Å². The largest absolute Gasteiger partial charge is 0.394 e. The summed E-state index contributed by atoms with van der Waals surface area (Å²) in [6, 6.07) is 15.5. The molecule has 2 rings (SSSR count). The van der Waals surface area contributed by atoms with E-state index in [4.69, 9.17) is 0 Å². The molecule has 2 nitrogen and oxygen atoms in total. The quantitative estimate of drug-likeness (QED) is 0.847. The molecule has 2 aromatic rings. The van der Waals surface area contributed by atoms with E-state index in [1.807, 2.05) is 30.3 Å². The number of hydrogen-bond donors (Lipinski definition) is 2. The molecule has 0 spiro atoms. The van der Waals surface area contributed by atoms with Gasteiger partial charge in [0.25, 0.3) is 0 Å². The summed E-state index contributed by atoms with van der Waals surface area (Å²) in [7, 11) is 0. The Kier molecular flexibility index (Phi) is 3.73. The number of aliphatic hydroxyl groups is 1. The van der Waals surface area contributed by atoms with Crippen LogP contribution >= 0.6 is 0 Å². The summed E-state index contributed by atoms with van der Waals surface area (Å²) in [6.07, 6.45) is 0. The molecule has 0 saturated heterocycles. The van der Waals surface area contributed by atoms with Crippen molar-refractivity contribution in [2.24, 2.45) is 0 Å². The standard InChI is InChI=1S/C14H14FNO/c15-13-9-5-4-8-12(13)14(10-17)16-11-6-2-1-3-7-11/h1-9,14,16-17H,10H2. The first kappa shape index (κ1) is 11.6. The molecule has 17 heavy (non-hydrogen) atoms. The molecule has 3 heteroatoms. The lowest BCUT2D eigenvalue weighted by Gasteiger charge is -2.18. The molecular formula is C14H14FNO. The SMILES string of the molecule is OCC(Nc1ccccc1)c1ccccc1F. The zero-order chi connectivity index (χ0) is 12.1. The molecule has 0 heterocycles. The van der Waals surface area contributed by atoms with Gasteiger partial charge < -0.3 is 10.4 Å². The number of para-hydroxylation sites is 1. The van der Waals surface area contributed by atoms with Gasteiger partial charge in [0, 0.05) is 11.3 Å². The lowest BCUT2D eigenvalue weighted by atomic mass is 10.1. The van der Waals surface area contributed by atoms with Crippen molar-refractivity contribution in [3.63, 3.8) is 0 Å². The molecule has 0 aromatic heterocycles. The van der Waals surface area contributed by atoms with E-state index >= 15 is 0 Å². The lowest BCUT2D eigenvalue weighted by molar-refractivity contribution is 0.274. The highest BCUT2D eigenvalue weighted by molar-refractivity contribution is 5.45. The third-order valence-electron chi connectivity index (χ3n) is 2.58. The number of aliphatic hydroxyl groups excluding tert-OH is 1. The topological polar surface area (TPSA) is 32.3 Å². The number of hydrogen-bond acceptors (Lipinski definition) is 2. The van der Waals surface area contributed by atoms with Crippen molar-refractivity contribution in [1.29, 1.82) is 0 Å². The van der Waals surface area contributed by atoms with Crippen LogP contribution < -0.4 is 5.32 Å². The molecule has 1 unspecified atom stereocenters. The van der Waals surface area contributed by atoms with Gasteiger partial charge in [0.15, 0.2) is 0 Å². The summed E-state index contributed by atoms with van der Waals surface area (Å²) >= 11 is 0. The molecule has 0 fully saturated rings. The van der Waals surface area contributed by atoms with Gasteiger partial charge in [-0.05, 0) is 18.2 Å². The fraction of sp³-hybridized carbons (Fsp3) is 0.143. The van der Waals surface area contributed by atoms with Gasteiger partial charge >= 0.3 is 0 Å². The fourth-order valence-electron chi connectivity index (χ4n) is 1.72. The van der Waals surface area contributed by atoms with E-state index in [9.17, 15) is 9.50 Å². The van der Waals surface area contributed by atoms with Gasteiger partial charge in [-0.3, -0.25) is 0 Å². The normalized spacial score (nSPS) is 12.1. The minimum Gasteiger partial charge on any atom is -0.394 e. The summed E-state index contributed by atoms with van der Waals surface area (Å²) in [5.41, 5.74) is 1.33. The van der Waals surface area contributed by atoms with Crippen LogP contribution in [0.3, 0.4) is 0 Å². The highest BCUT2D eigenvalue weighted by Gasteiger charge is 2.13. The van der Waals surface area contributed by atoms with E-state index in [0.717, 1.165) is 5.69 Å². The van der Waals surface area contributed by atoms with Crippen LogP contribution in [0.2, 0.25) is 0 Å². The zero-order valence-corrected chi connectivity index (χ0v) is 9.31. The van der Waals surface area contributed by atoms with E-state index in [1.165, 1.54) is 6.07 Å². The minimum absolute atomic E-state index is 0.157. The summed E-state index contributed by atoms with van der Waals surface area (Å²) in [5, 5.41) is 12.4. The van der Waals surface area contributed by atoms with Crippen molar-refractivity contribution in [3.8, 4) is 0 Å². The Morgan fingerprint density at radius 3 is 2.29 bits per heavy atom. The van der Waals surface area contributed by atoms with E-state index in [0.29, 0.717) is 5.56 Å². The average molecular weight is 231 g/mol. The Hall–Kier alpha value is -1.87. The monoisotopic (exact) mass is 231 g/mol. The van der Waals surface area contributed by atoms with Crippen LogP contribution in [0.1, 0.15) is 11.6 Å². The Morgan fingerprint density at radius 2 is 1.65 bits per heavy atom. The van der Waals surface area contributed by atoms with Gasteiger partial charge in [0.05, 0.1) is 12.6 Å². The summed E-state index contributed by atoms with van der Waals surface area (Å²) < 4.78 is 13.6.